The Bertz CT molecular complexity index is 1600. The third-order valence-corrected chi connectivity index (χ3v) is 8.46. The van der Waals surface area contributed by atoms with Crippen molar-refractivity contribution in [2.75, 3.05) is 5.32 Å². The lowest BCUT2D eigenvalue weighted by atomic mass is 9.72. The predicted molar refractivity (Wildman–Crippen MR) is 140 cm³/mol. The molecular formula is C27H23ClF3N5OS. The van der Waals surface area contributed by atoms with E-state index in [1.165, 1.54) is 11.3 Å². The molecule has 0 saturated heterocycles. The first kappa shape index (κ1) is 26.2. The second kappa shape index (κ2) is 9.40. The van der Waals surface area contributed by atoms with Gasteiger partial charge in [-0.2, -0.15) is 18.4 Å². The monoisotopic (exact) mass is 557 g/mol. The predicted octanol–water partition coefficient (Wildman–Crippen LogP) is 7.40. The summed E-state index contributed by atoms with van der Waals surface area (Å²) in [6.45, 7) is 6.55. The Balaban J connectivity index is 1.54. The number of hydrogen-bond acceptors (Lipinski definition) is 5. The van der Waals surface area contributed by atoms with E-state index in [0.29, 0.717) is 26.4 Å². The number of anilines is 1. The molecule has 4 aromatic rings. The highest BCUT2D eigenvalue weighted by molar-refractivity contribution is 7.16. The Labute approximate surface area is 226 Å². The van der Waals surface area contributed by atoms with E-state index in [2.05, 4.69) is 42.1 Å². The highest BCUT2D eigenvalue weighted by atomic mass is 35.5. The maximum absolute atomic E-state index is 14.0. The zero-order chi connectivity index (χ0) is 27.4. The minimum atomic E-state index is -4.78. The second-order valence-corrected chi connectivity index (χ2v) is 11.8. The normalized spacial score (nSPS) is 15.8. The molecule has 5 rings (SSSR count). The van der Waals surface area contributed by atoms with Gasteiger partial charge in [0.15, 0.2) is 5.69 Å². The number of nitrogens with one attached hydrogen (secondary N) is 1. The second-order valence-electron chi connectivity index (χ2n) is 10.4. The van der Waals surface area contributed by atoms with Gasteiger partial charge in [-0.1, -0.05) is 62.7 Å². The average molecular weight is 558 g/mol. The van der Waals surface area contributed by atoms with Crippen molar-refractivity contribution in [3.8, 4) is 17.3 Å². The van der Waals surface area contributed by atoms with Crippen LogP contribution in [-0.2, 0) is 19.0 Å². The molecule has 196 valence electrons. The third-order valence-electron chi connectivity index (χ3n) is 6.94. The average Bonchev–Trinajstić information content (AvgIpc) is 3.39. The number of nitrogens with zero attached hydrogens (tertiary/aromatic N) is 4. The highest BCUT2D eigenvalue weighted by Crippen LogP contribution is 2.44. The highest BCUT2D eigenvalue weighted by Gasteiger charge is 2.37. The minimum absolute atomic E-state index is 0.0464. The molecule has 0 radical (unpaired) electrons. The molecule has 1 atom stereocenters. The van der Waals surface area contributed by atoms with Gasteiger partial charge in [0, 0.05) is 10.4 Å². The summed E-state index contributed by atoms with van der Waals surface area (Å²) in [7, 11) is 0. The van der Waals surface area contributed by atoms with Crippen molar-refractivity contribution >= 4 is 39.6 Å². The molecule has 1 aromatic carbocycles. The fourth-order valence-corrected chi connectivity index (χ4v) is 6.38. The van der Waals surface area contributed by atoms with Crippen molar-refractivity contribution in [1.82, 2.24) is 14.4 Å². The topological polar surface area (TPSA) is 83.1 Å². The first-order valence-electron chi connectivity index (χ1n) is 12.0. The number of carbonyl (C=O) groups is 1. The number of imidazole rings is 1. The number of alkyl halides is 3. The van der Waals surface area contributed by atoms with E-state index in [-0.39, 0.29) is 16.9 Å². The number of rotatable bonds is 3. The summed E-state index contributed by atoms with van der Waals surface area (Å²) in [5, 5.41) is 12.4. The van der Waals surface area contributed by atoms with Gasteiger partial charge in [-0.25, -0.2) is 9.97 Å². The summed E-state index contributed by atoms with van der Waals surface area (Å²) < 4.78 is 42.7. The van der Waals surface area contributed by atoms with Crippen LogP contribution >= 0.6 is 22.9 Å². The van der Waals surface area contributed by atoms with Gasteiger partial charge in [-0.3, -0.25) is 9.20 Å². The van der Waals surface area contributed by atoms with E-state index in [0.717, 1.165) is 35.8 Å². The Hall–Kier alpha value is -3.42. The summed E-state index contributed by atoms with van der Waals surface area (Å²) in [6, 6.07) is 11.4. The van der Waals surface area contributed by atoms with Crippen molar-refractivity contribution < 1.29 is 18.0 Å². The third kappa shape index (κ3) is 4.65. The maximum Gasteiger partial charge on any atom is 0.431 e. The summed E-state index contributed by atoms with van der Waals surface area (Å²) in [5.41, 5.74) is 0.401. The molecule has 38 heavy (non-hydrogen) atoms. The zero-order valence-electron chi connectivity index (χ0n) is 20.8. The van der Waals surface area contributed by atoms with E-state index in [1.807, 2.05) is 0 Å². The maximum atomic E-state index is 14.0. The molecule has 1 aliphatic carbocycles. The van der Waals surface area contributed by atoms with Crippen molar-refractivity contribution in [3.05, 3.63) is 68.9 Å². The lowest BCUT2D eigenvalue weighted by Crippen LogP contribution is -2.26. The molecule has 0 fully saturated rings. The number of fused-ring (bicyclic) bond motifs is 2. The number of halogens is 4. The summed E-state index contributed by atoms with van der Waals surface area (Å²) in [4.78, 5) is 22.6. The first-order valence-corrected chi connectivity index (χ1v) is 13.2. The lowest BCUT2D eigenvalue weighted by molar-refractivity contribution is -0.142. The molecule has 3 aromatic heterocycles. The molecule has 1 N–H and O–H groups in total. The fraction of sp³-hybridized carbons (Fsp3) is 0.333. The van der Waals surface area contributed by atoms with Crippen LogP contribution in [0.15, 0.2) is 36.4 Å². The Morgan fingerprint density at radius 1 is 1.21 bits per heavy atom. The Morgan fingerprint density at radius 3 is 2.55 bits per heavy atom. The van der Waals surface area contributed by atoms with Crippen molar-refractivity contribution in [2.45, 2.75) is 46.2 Å². The summed E-state index contributed by atoms with van der Waals surface area (Å²) in [6.07, 6.45) is -2.33. The first-order chi connectivity index (χ1) is 17.9. The molecule has 0 bridgehead atoms. The van der Waals surface area contributed by atoms with Crippen LogP contribution in [0.2, 0.25) is 5.15 Å². The number of carbonyl (C=O) groups excluding carboxylic acids is 1. The van der Waals surface area contributed by atoms with Crippen LogP contribution in [0, 0.1) is 22.7 Å². The van der Waals surface area contributed by atoms with E-state index >= 15 is 0 Å². The van der Waals surface area contributed by atoms with Crippen LogP contribution in [0.5, 0.6) is 0 Å². The van der Waals surface area contributed by atoms with Crippen LogP contribution in [0.3, 0.4) is 0 Å². The standard InChI is InChI=1S/C27H23ClF3N5OS/c1-26(2,3)15-9-10-16-17(13-32)24(38-19(16)11-15)35-23(37)21-22(28)36-20(27(29,30)31)12-18(33-25(36)34-21)14-7-5-4-6-8-14/h4-8,12,15H,9-11H2,1-3H3,(H,35,37). The molecule has 1 unspecified atom stereocenters. The largest absolute Gasteiger partial charge is 0.431 e. The Kier molecular flexibility index (Phi) is 6.48. The van der Waals surface area contributed by atoms with Gasteiger partial charge in [0.1, 0.15) is 21.9 Å². The van der Waals surface area contributed by atoms with Crippen LogP contribution in [0.25, 0.3) is 17.0 Å². The van der Waals surface area contributed by atoms with Gasteiger partial charge in [0.05, 0.1) is 11.3 Å². The van der Waals surface area contributed by atoms with Crippen molar-refractivity contribution in [1.29, 1.82) is 5.26 Å². The molecule has 1 amide bonds. The van der Waals surface area contributed by atoms with Crippen LogP contribution in [-0.4, -0.2) is 20.3 Å². The van der Waals surface area contributed by atoms with Gasteiger partial charge in [-0.15, -0.1) is 11.3 Å². The number of nitriles is 1. The van der Waals surface area contributed by atoms with Crippen LogP contribution < -0.4 is 5.32 Å². The van der Waals surface area contributed by atoms with E-state index < -0.39 is 28.6 Å². The quantitative estimate of drug-likeness (QED) is 0.284. The SMILES string of the molecule is CC(C)(C)C1CCc2c(sc(NC(=O)c3nc4nc(-c5ccccc5)cc(C(F)(F)F)n4c3Cl)c2C#N)C1. The fourth-order valence-electron chi connectivity index (χ4n) is 4.82. The molecule has 3 heterocycles. The Morgan fingerprint density at radius 2 is 1.92 bits per heavy atom. The minimum Gasteiger partial charge on any atom is -0.311 e. The number of aromatic nitrogens is 3. The summed E-state index contributed by atoms with van der Waals surface area (Å²) >= 11 is 7.63. The number of thiophene rings is 1. The number of amides is 1. The zero-order valence-corrected chi connectivity index (χ0v) is 22.4. The number of benzene rings is 1. The van der Waals surface area contributed by atoms with Crippen molar-refractivity contribution in [2.24, 2.45) is 11.3 Å². The molecule has 0 spiro atoms. The lowest BCUT2D eigenvalue weighted by Gasteiger charge is -2.33. The van der Waals surface area contributed by atoms with Gasteiger partial charge in [-0.05, 0) is 42.2 Å². The summed E-state index contributed by atoms with van der Waals surface area (Å²) in [5.74, 6) is -0.729. The molecule has 0 aliphatic heterocycles. The van der Waals surface area contributed by atoms with E-state index in [1.54, 1.807) is 30.3 Å². The van der Waals surface area contributed by atoms with Gasteiger partial charge >= 0.3 is 6.18 Å². The molecule has 6 nitrogen and oxygen atoms in total. The van der Waals surface area contributed by atoms with Crippen LogP contribution in [0.1, 0.15) is 59.4 Å². The number of hydrogen-bond donors (Lipinski definition) is 1. The van der Waals surface area contributed by atoms with Gasteiger partial charge < -0.3 is 5.32 Å². The van der Waals surface area contributed by atoms with Crippen LogP contribution in [0.4, 0.5) is 18.2 Å². The molecule has 0 saturated carbocycles. The molecule has 11 heteroatoms. The van der Waals surface area contributed by atoms with E-state index in [4.69, 9.17) is 11.6 Å². The molecule has 1 aliphatic rings. The smallest absolute Gasteiger partial charge is 0.311 e. The van der Waals surface area contributed by atoms with Gasteiger partial charge in [0.25, 0.3) is 5.91 Å². The van der Waals surface area contributed by atoms with Crippen molar-refractivity contribution in [3.63, 3.8) is 0 Å². The van der Waals surface area contributed by atoms with E-state index in [9.17, 15) is 23.2 Å². The van der Waals surface area contributed by atoms with Gasteiger partial charge in [0.2, 0.25) is 5.78 Å². The molecular weight excluding hydrogens is 535 g/mol.